The summed E-state index contributed by atoms with van der Waals surface area (Å²) in [5, 5.41) is 8.58. The van der Waals surface area contributed by atoms with Crippen LogP contribution in [-0.2, 0) is 21.4 Å². The number of aliphatic carboxylic acids is 1. The number of aromatic nitrogens is 1. The molecule has 0 aromatic carbocycles. The zero-order valence-corrected chi connectivity index (χ0v) is 12.5. The molecule has 0 spiro atoms. The molecule has 7 nitrogen and oxygen atoms in total. The maximum absolute atomic E-state index is 12.0. The fourth-order valence-corrected chi connectivity index (χ4v) is 3.64. The summed E-state index contributed by atoms with van der Waals surface area (Å²) in [4.78, 5) is 16.9. The quantitative estimate of drug-likeness (QED) is 0.795. The average Bonchev–Trinajstić information content (AvgIpc) is 2.47. The Balaban J connectivity index is 1.84. The van der Waals surface area contributed by atoms with Gasteiger partial charge in [0.25, 0.3) is 0 Å². The van der Waals surface area contributed by atoms with Gasteiger partial charge >= 0.3 is 5.97 Å². The Morgan fingerprint density at radius 1 is 1.24 bits per heavy atom. The maximum atomic E-state index is 12.0. The Kier molecular flexibility index (Phi) is 5.27. The summed E-state index contributed by atoms with van der Waals surface area (Å²) in [5.41, 5.74) is 0.958. The van der Waals surface area contributed by atoms with E-state index in [1.54, 1.807) is 6.20 Å². The molecule has 1 saturated heterocycles. The van der Waals surface area contributed by atoms with E-state index in [1.165, 1.54) is 4.31 Å². The second-order valence-corrected chi connectivity index (χ2v) is 7.04. The van der Waals surface area contributed by atoms with Crippen LogP contribution in [0.3, 0.4) is 0 Å². The number of rotatable bonds is 6. The minimum absolute atomic E-state index is 0.331. The van der Waals surface area contributed by atoms with Crippen LogP contribution in [0.2, 0.25) is 0 Å². The Morgan fingerprint density at radius 3 is 2.52 bits per heavy atom. The van der Waals surface area contributed by atoms with Crippen LogP contribution in [0.25, 0.3) is 0 Å². The minimum Gasteiger partial charge on any atom is -0.481 e. The van der Waals surface area contributed by atoms with Crippen LogP contribution in [0, 0.1) is 0 Å². The average molecular weight is 313 g/mol. The molecule has 8 heteroatoms. The van der Waals surface area contributed by atoms with Gasteiger partial charge < -0.3 is 5.11 Å². The lowest BCUT2D eigenvalue weighted by Crippen LogP contribution is -2.49. The first-order valence-electron chi connectivity index (χ1n) is 6.79. The fourth-order valence-electron chi connectivity index (χ4n) is 2.23. The predicted molar refractivity (Wildman–Crippen MR) is 77.1 cm³/mol. The number of piperazine rings is 1. The van der Waals surface area contributed by atoms with E-state index in [0.717, 1.165) is 5.69 Å². The van der Waals surface area contributed by atoms with Gasteiger partial charge in [0.05, 0.1) is 17.9 Å². The SMILES string of the molecule is O=C(O)CCS(=O)(=O)N1CCN(Cc2ccccn2)CC1. The van der Waals surface area contributed by atoms with Crippen molar-refractivity contribution in [3.8, 4) is 0 Å². The third kappa shape index (κ3) is 4.76. The van der Waals surface area contributed by atoms with E-state index in [9.17, 15) is 13.2 Å². The van der Waals surface area contributed by atoms with Gasteiger partial charge in [-0.1, -0.05) is 6.07 Å². The molecule has 0 radical (unpaired) electrons. The fraction of sp³-hybridized carbons (Fsp3) is 0.538. The van der Waals surface area contributed by atoms with Gasteiger partial charge in [-0.3, -0.25) is 14.7 Å². The van der Waals surface area contributed by atoms with E-state index in [-0.39, 0.29) is 12.2 Å². The molecule has 2 rings (SSSR count). The Labute approximate surface area is 124 Å². The molecule has 0 atom stereocenters. The summed E-state index contributed by atoms with van der Waals surface area (Å²) in [5.74, 6) is -1.42. The van der Waals surface area contributed by atoms with Gasteiger partial charge in [0.2, 0.25) is 10.0 Å². The second kappa shape index (κ2) is 6.97. The van der Waals surface area contributed by atoms with E-state index in [0.29, 0.717) is 32.7 Å². The van der Waals surface area contributed by atoms with Crippen LogP contribution in [-0.4, -0.2) is 65.6 Å². The Hall–Kier alpha value is -1.51. The molecular weight excluding hydrogens is 294 g/mol. The lowest BCUT2D eigenvalue weighted by molar-refractivity contribution is -0.136. The van der Waals surface area contributed by atoms with E-state index in [2.05, 4.69) is 9.88 Å². The number of carboxylic acid groups (broad SMARTS) is 1. The van der Waals surface area contributed by atoms with Crippen molar-refractivity contribution < 1.29 is 18.3 Å². The first-order valence-corrected chi connectivity index (χ1v) is 8.40. The number of carboxylic acids is 1. The highest BCUT2D eigenvalue weighted by Crippen LogP contribution is 2.11. The predicted octanol–water partition coefficient (Wildman–Crippen LogP) is 0.00370. The van der Waals surface area contributed by atoms with Gasteiger partial charge in [0.1, 0.15) is 0 Å². The van der Waals surface area contributed by atoms with Crippen LogP contribution >= 0.6 is 0 Å². The monoisotopic (exact) mass is 313 g/mol. The van der Waals surface area contributed by atoms with E-state index in [1.807, 2.05) is 18.2 Å². The van der Waals surface area contributed by atoms with Gasteiger partial charge in [-0.2, -0.15) is 4.31 Å². The third-order valence-corrected chi connectivity index (χ3v) is 5.28. The molecule has 116 valence electrons. The molecule has 0 bridgehead atoms. The Morgan fingerprint density at radius 2 is 1.95 bits per heavy atom. The number of hydrogen-bond donors (Lipinski definition) is 1. The van der Waals surface area contributed by atoms with Crippen molar-refractivity contribution in [3.63, 3.8) is 0 Å². The van der Waals surface area contributed by atoms with Crippen LogP contribution in [0.1, 0.15) is 12.1 Å². The van der Waals surface area contributed by atoms with Gasteiger partial charge in [-0.05, 0) is 12.1 Å². The molecule has 2 heterocycles. The van der Waals surface area contributed by atoms with Crippen LogP contribution in [0.5, 0.6) is 0 Å². The normalized spacial score (nSPS) is 17.7. The molecule has 1 fully saturated rings. The van der Waals surface area contributed by atoms with Gasteiger partial charge in [0.15, 0.2) is 0 Å². The topological polar surface area (TPSA) is 90.8 Å². The number of hydrogen-bond acceptors (Lipinski definition) is 5. The molecule has 1 N–H and O–H groups in total. The molecular formula is C13H19N3O4S. The highest BCUT2D eigenvalue weighted by Gasteiger charge is 2.27. The number of carbonyl (C=O) groups is 1. The molecule has 0 saturated carbocycles. The summed E-state index contributed by atoms with van der Waals surface area (Å²) in [6.45, 7) is 2.75. The standard InChI is InChI=1S/C13H19N3O4S/c17-13(18)4-10-21(19,20)16-8-6-15(7-9-16)11-12-3-1-2-5-14-12/h1-3,5H,4,6-11H2,(H,17,18). The zero-order valence-electron chi connectivity index (χ0n) is 11.7. The van der Waals surface area contributed by atoms with Crippen LogP contribution in [0.4, 0.5) is 0 Å². The number of sulfonamides is 1. The number of nitrogens with zero attached hydrogens (tertiary/aromatic N) is 3. The smallest absolute Gasteiger partial charge is 0.304 e. The molecule has 1 aliphatic rings. The molecule has 21 heavy (non-hydrogen) atoms. The lowest BCUT2D eigenvalue weighted by atomic mass is 10.3. The van der Waals surface area contributed by atoms with Gasteiger partial charge in [-0.15, -0.1) is 0 Å². The van der Waals surface area contributed by atoms with Crippen molar-refractivity contribution in [1.29, 1.82) is 0 Å². The van der Waals surface area contributed by atoms with Gasteiger partial charge in [0, 0.05) is 38.9 Å². The third-order valence-electron chi connectivity index (χ3n) is 3.41. The summed E-state index contributed by atoms with van der Waals surface area (Å²) in [6.07, 6.45) is 1.39. The van der Waals surface area contributed by atoms with Gasteiger partial charge in [-0.25, -0.2) is 8.42 Å². The number of pyridine rings is 1. The van der Waals surface area contributed by atoms with Crippen LogP contribution in [0.15, 0.2) is 24.4 Å². The summed E-state index contributed by atoms with van der Waals surface area (Å²) in [7, 11) is -3.46. The molecule has 0 amide bonds. The summed E-state index contributed by atoms with van der Waals surface area (Å²) >= 11 is 0. The van der Waals surface area contributed by atoms with E-state index >= 15 is 0 Å². The maximum Gasteiger partial charge on any atom is 0.304 e. The minimum atomic E-state index is -3.46. The highest BCUT2D eigenvalue weighted by atomic mass is 32.2. The molecule has 0 aliphatic carbocycles. The van der Waals surface area contributed by atoms with Crippen molar-refractivity contribution in [2.45, 2.75) is 13.0 Å². The van der Waals surface area contributed by atoms with Crippen LogP contribution < -0.4 is 0 Å². The highest BCUT2D eigenvalue weighted by molar-refractivity contribution is 7.89. The van der Waals surface area contributed by atoms with Crippen molar-refractivity contribution in [2.24, 2.45) is 0 Å². The first-order chi connectivity index (χ1) is 9.97. The Bertz CT molecular complexity index is 568. The van der Waals surface area contributed by atoms with Crippen molar-refractivity contribution in [2.75, 3.05) is 31.9 Å². The molecule has 1 aliphatic heterocycles. The van der Waals surface area contributed by atoms with E-state index < -0.39 is 16.0 Å². The molecule has 1 aromatic heterocycles. The van der Waals surface area contributed by atoms with Crippen molar-refractivity contribution >= 4 is 16.0 Å². The van der Waals surface area contributed by atoms with Crippen molar-refractivity contribution in [3.05, 3.63) is 30.1 Å². The second-order valence-electron chi connectivity index (χ2n) is 4.96. The lowest BCUT2D eigenvalue weighted by Gasteiger charge is -2.33. The summed E-state index contributed by atoms with van der Waals surface area (Å²) in [6, 6.07) is 5.72. The summed E-state index contributed by atoms with van der Waals surface area (Å²) < 4.78 is 25.4. The van der Waals surface area contributed by atoms with E-state index in [4.69, 9.17) is 5.11 Å². The molecule has 0 unspecified atom stereocenters. The first kappa shape index (κ1) is 15.9. The molecule has 1 aromatic rings. The zero-order chi connectivity index (χ0) is 15.3. The largest absolute Gasteiger partial charge is 0.481 e. The van der Waals surface area contributed by atoms with Crippen molar-refractivity contribution in [1.82, 2.24) is 14.2 Å².